The van der Waals surface area contributed by atoms with E-state index in [0.29, 0.717) is 31.6 Å². The van der Waals surface area contributed by atoms with Crippen LogP contribution in [0.4, 0.5) is 13.2 Å². The van der Waals surface area contributed by atoms with E-state index in [9.17, 15) is 13.2 Å². The highest BCUT2D eigenvalue weighted by atomic mass is 127. The van der Waals surface area contributed by atoms with Gasteiger partial charge in [0.25, 0.3) is 0 Å². The summed E-state index contributed by atoms with van der Waals surface area (Å²) in [5, 5.41) is 6.03. The Labute approximate surface area is 199 Å². The molecule has 0 aromatic heterocycles. The summed E-state index contributed by atoms with van der Waals surface area (Å²) < 4.78 is 56.7. The number of hydrogen-bond acceptors (Lipinski definition) is 4. The van der Waals surface area contributed by atoms with Crippen LogP contribution in [0.25, 0.3) is 0 Å². The highest BCUT2D eigenvalue weighted by Crippen LogP contribution is 2.34. The zero-order chi connectivity index (χ0) is 22.0. The molecule has 1 saturated heterocycles. The first-order chi connectivity index (χ1) is 14.3. The fourth-order valence-electron chi connectivity index (χ4n) is 3.06. The van der Waals surface area contributed by atoms with E-state index >= 15 is 0 Å². The molecule has 1 heterocycles. The van der Waals surface area contributed by atoms with Gasteiger partial charge in [-0.1, -0.05) is 6.07 Å². The molecule has 1 aromatic carbocycles. The monoisotopic (exact) mass is 559 g/mol. The molecule has 1 unspecified atom stereocenters. The van der Waals surface area contributed by atoms with Gasteiger partial charge in [0.05, 0.1) is 24.9 Å². The van der Waals surface area contributed by atoms with Gasteiger partial charge in [-0.05, 0) is 44.4 Å². The van der Waals surface area contributed by atoms with E-state index in [0.717, 1.165) is 32.1 Å². The van der Waals surface area contributed by atoms with Crippen LogP contribution in [-0.4, -0.2) is 52.1 Å². The predicted molar refractivity (Wildman–Crippen MR) is 125 cm³/mol. The van der Waals surface area contributed by atoms with E-state index in [1.807, 2.05) is 0 Å². The zero-order valence-corrected chi connectivity index (χ0v) is 20.6. The van der Waals surface area contributed by atoms with Crippen molar-refractivity contribution in [2.45, 2.75) is 45.5 Å². The molecule has 31 heavy (non-hydrogen) atoms. The van der Waals surface area contributed by atoms with Gasteiger partial charge in [0, 0.05) is 39.3 Å². The van der Waals surface area contributed by atoms with Crippen molar-refractivity contribution in [1.29, 1.82) is 0 Å². The summed E-state index contributed by atoms with van der Waals surface area (Å²) in [7, 11) is 1.58. The first-order valence-corrected chi connectivity index (χ1v) is 10.3. The van der Waals surface area contributed by atoms with Gasteiger partial charge < -0.3 is 24.8 Å². The van der Waals surface area contributed by atoms with Crippen molar-refractivity contribution in [3.05, 3.63) is 29.3 Å². The summed E-state index contributed by atoms with van der Waals surface area (Å²) in [6, 6.07) is 4.02. The maximum Gasteiger partial charge on any atom is 0.416 e. The molecule has 1 aromatic rings. The van der Waals surface area contributed by atoms with Gasteiger partial charge in [-0.25, -0.2) is 0 Å². The molecular formula is C21H33F3IN3O3. The minimum atomic E-state index is -4.47. The van der Waals surface area contributed by atoms with Crippen molar-refractivity contribution in [2.24, 2.45) is 10.9 Å². The lowest BCUT2D eigenvalue weighted by atomic mass is 10.1. The second-order valence-electron chi connectivity index (χ2n) is 7.49. The van der Waals surface area contributed by atoms with Crippen LogP contribution in [0.3, 0.4) is 0 Å². The normalized spacial score (nSPS) is 16.9. The third-order valence-electron chi connectivity index (χ3n) is 4.56. The minimum Gasteiger partial charge on any atom is -0.491 e. The zero-order valence-electron chi connectivity index (χ0n) is 18.3. The fourth-order valence-corrected chi connectivity index (χ4v) is 3.06. The van der Waals surface area contributed by atoms with Gasteiger partial charge in [-0.2, -0.15) is 13.2 Å². The lowest BCUT2D eigenvalue weighted by Crippen LogP contribution is -2.38. The molecule has 6 nitrogen and oxygen atoms in total. The van der Waals surface area contributed by atoms with Gasteiger partial charge in [0.1, 0.15) is 5.75 Å². The molecule has 0 aliphatic carbocycles. The van der Waals surface area contributed by atoms with Gasteiger partial charge >= 0.3 is 6.18 Å². The van der Waals surface area contributed by atoms with Crippen LogP contribution in [-0.2, 0) is 22.2 Å². The molecule has 0 saturated carbocycles. The average molecular weight is 559 g/mol. The molecule has 0 radical (unpaired) electrons. The summed E-state index contributed by atoms with van der Waals surface area (Å²) in [4.78, 5) is 4.06. The van der Waals surface area contributed by atoms with Crippen LogP contribution in [0.5, 0.6) is 5.75 Å². The Morgan fingerprint density at radius 2 is 2.06 bits per heavy atom. The molecular weight excluding hydrogens is 526 g/mol. The van der Waals surface area contributed by atoms with Crippen molar-refractivity contribution in [2.75, 3.05) is 40.0 Å². The van der Waals surface area contributed by atoms with Gasteiger partial charge in [0.15, 0.2) is 5.96 Å². The number of nitrogens with zero attached hydrogens (tertiary/aromatic N) is 1. The highest BCUT2D eigenvalue weighted by molar-refractivity contribution is 14.0. The summed E-state index contributed by atoms with van der Waals surface area (Å²) >= 11 is 0. The van der Waals surface area contributed by atoms with E-state index in [1.54, 1.807) is 27.0 Å². The van der Waals surface area contributed by atoms with Crippen molar-refractivity contribution < 1.29 is 27.4 Å². The molecule has 178 valence electrons. The molecule has 1 atom stereocenters. The molecule has 0 bridgehead atoms. The second-order valence-corrected chi connectivity index (χ2v) is 7.49. The maximum atomic E-state index is 13.5. The first kappa shape index (κ1) is 27.8. The van der Waals surface area contributed by atoms with Crippen LogP contribution in [0.1, 0.15) is 37.8 Å². The van der Waals surface area contributed by atoms with E-state index in [-0.39, 0.29) is 47.9 Å². The number of aliphatic imine (C=N–C) groups is 1. The Balaban J connectivity index is 0.00000480. The number of ether oxygens (including phenoxy) is 3. The van der Waals surface area contributed by atoms with Crippen LogP contribution in [0.15, 0.2) is 23.2 Å². The number of halogens is 4. The minimum absolute atomic E-state index is 0. The average Bonchev–Trinajstić information content (AvgIpc) is 3.19. The first-order valence-electron chi connectivity index (χ1n) is 10.3. The van der Waals surface area contributed by atoms with Crippen LogP contribution in [0.2, 0.25) is 0 Å². The Bertz CT molecular complexity index is 682. The lowest BCUT2D eigenvalue weighted by molar-refractivity contribution is -0.138. The highest BCUT2D eigenvalue weighted by Gasteiger charge is 2.33. The quantitative estimate of drug-likeness (QED) is 0.195. The molecule has 1 aliphatic rings. The SMILES string of the molecule is CN=C(NCCCOCC1CCOC1)NCc1ccc(OC(C)C)cc1C(F)(F)F.I. The van der Waals surface area contributed by atoms with E-state index in [2.05, 4.69) is 15.6 Å². The summed E-state index contributed by atoms with van der Waals surface area (Å²) in [5.41, 5.74) is -0.587. The Morgan fingerprint density at radius 3 is 2.68 bits per heavy atom. The number of benzene rings is 1. The number of hydrogen-bond donors (Lipinski definition) is 2. The number of nitrogens with one attached hydrogen (secondary N) is 2. The number of guanidine groups is 1. The maximum absolute atomic E-state index is 13.5. The third kappa shape index (κ3) is 10.3. The molecule has 2 N–H and O–H groups in total. The molecule has 10 heteroatoms. The van der Waals surface area contributed by atoms with E-state index in [1.165, 1.54) is 6.07 Å². The Morgan fingerprint density at radius 1 is 1.29 bits per heavy atom. The van der Waals surface area contributed by atoms with Crippen molar-refractivity contribution in [3.63, 3.8) is 0 Å². The Hall–Kier alpha value is -1.27. The second kappa shape index (κ2) is 14.0. The van der Waals surface area contributed by atoms with Crippen molar-refractivity contribution >= 4 is 29.9 Å². The van der Waals surface area contributed by atoms with Gasteiger partial charge in [-0.3, -0.25) is 4.99 Å². The fraction of sp³-hybridized carbons (Fsp3) is 0.667. The number of rotatable bonds is 10. The topological polar surface area (TPSA) is 64.1 Å². The largest absolute Gasteiger partial charge is 0.491 e. The van der Waals surface area contributed by atoms with Crippen molar-refractivity contribution in [3.8, 4) is 5.75 Å². The summed E-state index contributed by atoms with van der Waals surface area (Å²) in [5.74, 6) is 1.12. The van der Waals surface area contributed by atoms with Crippen LogP contribution >= 0.6 is 24.0 Å². The van der Waals surface area contributed by atoms with E-state index < -0.39 is 11.7 Å². The van der Waals surface area contributed by atoms with Crippen LogP contribution in [0, 0.1) is 5.92 Å². The van der Waals surface area contributed by atoms with Crippen LogP contribution < -0.4 is 15.4 Å². The Kier molecular flexibility index (Phi) is 12.5. The standard InChI is InChI=1S/C21H32F3N3O3.HI/c1-15(2)30-18-6-5-17(19(11-18)21(22,23)24)12-27-20(25-3)26-8-4-9-28-13-16-7-10-29-14-16;/h5-6,11,15-16H,4,7-10,12-14H2,1-3H3,(H2,25,26,27);1H. The van der Waals surface area contributed by atoms with Gasteiger partial charge in [0.2, 0.25) is 0 Å². The summed E-state index contributed by atoms with van der Waals surface area (Å²) in [6.45, 7) is 7.02. The molecule has 1 fully saturated rings. The van der Waals surface area contributed by atoms with E-state index in [4.69, 9.17) is 14.2 Å². The number of alkyl halides is 3. The molecule has 0 spiro atoms. The summed E-state index contributed by atoms with van der Waals surface area (Å²) in [6.07, 6.45) is -2.86. The molecule has 2 rings (SSSR count). The van der Waals surface area contributed by atoms with Crippen molar-refractivity contribution in [1.82, 2.24) is 10.6 Å². The molecule has 1 aliphatic heterocycles. The smallest absolute Gasteiger partial charge is 0.416 e. The third-order valence-corrected chi connectivity index (χ3v) is 4.56. The lowest BCUT2D eigenvalue weighted by Gasteiger charge is -2.18. The van der Waals surface area contributed by atoms with Gasteiger partial charge in [-0.15, -0.1) is 24.0 Å². The predicted octanol–water partition coefficient (Wildman–Crippen LogP) is 4.22. The molecule has 0 amide bonds.